The second-order valence-electron chi connectivity index (χ2n) is 7.17. The zero-order valence-electron chi connectivity index (χ0n) is 17.5. The van der Waals surface area contributed by atoms with Gasteiger partial charge in [0.1, 0.15) is 11.6 Å². The predicted molar refractivity (Wildman–Crippen MR) is 122 cm³/mol. The van der Waals surface area contributed by atoms with E-state index in [2.05, 4.69) is 20.0 Å². The Hall–Kier alpha value is -3.85. The van der Waals surface area contributed by atoms with Crippen molar-refractivity contribution >= 4 is 32.7 Å². The molecule has 3 N–H and O–H groups in total. The molecule has 0 atom stereocenters. The Labute approximate surface area is 185 Å². The number of methoxy groups -OCH3 is 1. The largest absolute Gasteiger partial charge is 0.495 e. The standard InChI is InChI=1S/C23H22N4O4S/c1-15-11-12-16(23(28)24-14-22-25-17-7-3-4-8-18(17)26-22)13-21(15)32(29,30)27-19-9-5-6-10-20(19)31-2/h3-13,27H,14H2,1-2H3,(H,24,28)(H,25,26). The topological polar surface area (TPSA) is 113 Å². The third kappa shape index (κ3) is 4.42. The molecule has 0 bridgehead atoms. The summed E-state index contributed by atoms with van der Waals surface area (Å²) in [4.78, 5) is 20.3. The van der Waals surface area contributed by atoms with Gasteiger partial charge in [-0.05, 0) is 48.9 Å². The van der Waals surface area contributed by atoms with Crippen LogP contribution in [0.2, 0.25) is 0 Å². The van der Waals surface area contributed by atoms with Gasteiger partial charge in [-0.25, -0.2) is 13.4 Å². The van der Waals surface area contributed by atoms with Crippen molar-refractivity contribution in [3.63, 3.8) is 0 Å². The van der Waals surface area contributed by atoms with Crippen molar-refractivity contribution in [1.29, 1.82) is 0 Å². The van der Waals surface area contributed by atoms with E-state index in [0.717, 1.165) is 11.0 Å². The zero-order chi connectivity index (χ0) is 22.7. The number of hydrogen-bond donors (Lipinski definition) is 3. The third-order valence-electron chi connectivity index (χ3n) is 4.95. The smallest absolute Gasteiger partial charge is 0.262 e. The molecule has 0 fully saturated rings. The number of hydrogen-bond acceptors (Lipinski definition) is 5. The number of carbonyl (C=O) groups is 1. The number of aryl methyl sites for hydroxylation is 1. The Balaban J connectivity index is 1.54. The summed E-state index contributed by atoms with van der Waals surface area (Å²) in [6, 6.07) is 18.8. The van der Waals surface area contributed by atoms with Gasteiger partial charge in [0.05, 0.1) is 35.3 Å². The summed E-state index contributed by atoms with van der Waals surface area (Å²) >= 11 is 0. The highest BCUT2D eigenvalue weighted by Gasteiger charge is 2.21. The Bertz CT molecular complexity index is 1360. The number of fused-ring (bicyclic) bond motifs is 1. The van der Waals surface area contributed by atoms with Gasteiger partial charge in [0.15, 0.2) is 0 Å². The van der Waals surface area contributed by atoms with Crippen molar-refractivity contribution in [3.05, 3.63) is 83.7 Å². The molecule has 9 heteroatoms. The van der Waals surface area contributed by atoms with E-state index in [9.17, 15) is 13.2 Å². The van der Waals surface area contributed by atoms with E-state index in [-0.39, 0.29) is 17.0 Å². The van der Waals surface area contributed by atoms with Gasteiger partial charge in [-0.1, -0.05) is 30.3 Å². The summed E-state index contributed by atoms with van der Waals surface area (Å²) in [5.74, 6) is 0.602. The number of nitrogens with zero attached hydrogens (tertiary/aromatic N) is 1. The van der Waals surface area contributed by atoms with Crippen LogP contribution < -0.4 is 14.8 Å². The summed E-state index contributed by atoms with van der Waals surface area (Å²) in [5.41, 5.74) is 2.74. The first-order chi connectivity index (χ1) is 15.4. The van der Waals surface area contributed by atoms with E-state index >= 15 is 0 Å². The summed E-state index contributed by atoms with van der Waals surface area (Å²) in [5, 5.41) is 2.77. The predicted octanol–water partition coefficient (Wildman–Crippen LogP) is 3.61. The molecule has 4 rings (SSSR count). The van der Waals surface area contributed by atoms with E-state index in [4.69, 9.17) is 4.74 Å². The second kappa shape index (κ2) is 8.72. The number of sulfonamides is 1. The summed E-state index contributed by atoms with van der Waals surface area (Å²) in [7, 11) is -2.48. The fourth-order valence-electron chi connectivity index (χ4n) is 3.31. The molecule has 0 unspecified atom stereocenters. The van der Waals surface area contributed by atoms with E-state index in [1.165, 1.54) is 13.2 Å². The minimum absolute atomic E-state index is 0.0137. The van der Waals surface area contributed by atoms with Gasteiger partial charge in [0.2, 0.25) is 0 Å². The Kier molecular flexibility index (Phi) is 5.83. The number of nitrogens with one attached hydrogen (secondary N) is 3. The molecule has 1 amide bonds. The van der Waals surface area contributed by atoms with Gasteiger partial charge in [-0.3, -0.25) is 9.52 Å². The second-order valence-corrected chi connectivity index (χ2v) is 8.82. The van der Waals surface area contributed by atoms with Crippen LogP contribution in [0.1, 0.15) is 21.7 Å². The number of amides is 1. The number of H-pyrrole nitrogens is 1. The lowest BCUT2D eigenvalue weighted by Gasteiger charge is -2.14. The molecule has 1 aromatic heterocycles. The molecule has 0 aliphatic rings. The van der Waals surface area contributed by atoms with Gasteiger partial charge in [-0.2, -0.15) is 0 Å². The first-order valence-electron chi connectivity index (χ1n) is 9.86. The highest BCUT2D eigenvalue weighted by molar-refractivity contribution is 7.92. The highest BCUT2D eigenvalue weighted by atomic mass is 32.2. The number of aromatic amines is 1. The SMILES string of the molecule is COc1ccccc1NS(=O)(=O)c1cc(C(=O)NCc2nc3ccccc3[nH]2)ccc1C. The number of anilines is 1. The number of imidazole rings is 1. The highest BCUT2D eigenvalue weighted by Crippen LogP contribution is 2.27. The number of rotatable bonds is 7. The summed E-state index contributed by atoms with van der Waals surface area (Å²) in [6.07, 6.45) is 0. The molecule has 8 nitrogen and oxygen atoms in total. The van der Waals surface area contributed by atoms with Crippen LogP contribution in [0.4, 0.5) is 5.69 Å². The first-order valence-corrected chi connectivity index (χ1v) is 11.3. The molecule has 3 aromatic carbocycles. The Morgan fingerprint density at radius 1 is 1.06 bits per heavy atom. The van der Waals surface area contributed by atoms with E-state index in [1.807, 2.05) is 24.3 Å². The fourth-order valence-corrected chi connectivity index (χ4v) is 4.66. The van der Waals surface area contributed by atoms with Gasteiger partial charge in [0.25, 0.3) is 15.9 Å². The van der Waals surface area contributed by atoms with Crippen LogP contribution in [0.5, 0.6) is 5.75 Å². The number of para-hydroxylation sites is 4. The number of aromatic nitrogens is 2. The molecule has 0 radical (unpaired) electrons. The third-order valence-corrected chi connectivity index (χ3v) is 6.45. The molecule has 4 aromatic rings. The van der Waals surface area contributed by atoms with Gasteiger partial charge >= 0.3 is 0 Å². The number of ether oxygens (including phenoxy) is 1. The van der Waals surface area contributed by atoms with Crippen LogP contribution in [0.25, 0.3) is 11.0 Å². The zero-order valence-corrected chi connectivity index (χ0v) is 18.4. The molecule has 0 saturated heterocycles. The minimum Gasteiger partial charge on any atom is -0.495 e. The van der Waals surface area contributed by atoms with Crippen molar-refractivity contribution in [2.75, 3.05) is 11.8 Å². The lowest BCUT2D eigenvalue weighted by Crippen LogP contribution is -2.24. The Morgan fingerprint density at radius 2 is 1.81 bits per heavy atom. The number of carbonyl (C=O) groups excluding carboxylic acids is 1. The van der Waals surface area contributed by atoms with Gasteiger partial charge in [0, 0.05) is 5.56 Å². The van der Waals surface area contributed by atoms with E-state index in [1.54, 1.807) is 43.3 Å². The van der Waals surface area contributed by atoms with Crippen molar-refractivity contribution in [2.24, 2.45) is 0 Å². The van der Waals surface area contributed by atoms with Crippen molar-refractivity contribution in [2.45, 2.75) is 18.4 Å². The molecule has 0 aliphatic heterocycles. The van der Waals surface area contributed by atoms with Crippen LogP contribution in [0.3, 0.4) is 0 Å². The molecular weight excluding hydrogens is 428 g/mol. The van der Waals surface area contributed by atoms with Crippen molar-refractivity contribution in [3.8, 4) is 5.75 Å². The molecule has 1 heterocycles. The quantitative estimate of drug-likeness (QED) is 0.398. The fraction of sp³-hybridized carbons (Fsp3) is 0.130. The van der Waals surface area contributed by atoms with Crippen LogP contribution in [0, 0.1) is 6.92 Å². The van der Waals surface area contributed by atoms with Crippen LogP contribution in [-0.2, 0) is 16.6 Å². The maximum atomic E-state index is 13.0. The maximum Gasteiger partial charge on any atom is 0.262 e. The molecule has 0 spiro atoms. The van der Waals surface area contributed by atoms with Crippen LogP contribution in [0.15, 0.2) is 71.6 Å². The maximum absolute atomic E-state index is 13.0. The minimum atomic E-state index is -3.95. The van der Waals surface area contributed by atoms with Crippen molar-refractivity contribution in [1.82, 2.24) is 15.3 Å². The summed E-state index contributed by atoms with van der Waals surface area (Å²) in [6.45, 7) is 1.86. The molecule has 32 heavy (non-hydrogen) atoms. The first kappa shape index (κ1) is 21.4. The number of benzene rings is 3. The molecule has 0 saturated carbocycles. The normalized spacial score (nSPS) is 11.3. The van der Waals surface area contributed by atoms with Crippen molar-refractivity contribution < 1.29 is 17.9 Å². The lowest BCUT2D eigenvalue weighted by molar-refractivity contribution is 0.0949. The molecule has 0 aliphatic carbocycles. The lowest BCUT2D eigenvalue weighted by atomic mass is 10.1. The summed E-state index contributed by atoms with van der Waals surface area (Å²) < 4.78 is 33.8. The van der Waals surface area contributed by atoms with Crippen LogP contribution in [-0.4, -0.2) is 31.4 Å². The molecular formula is C23H22N4O4S. The average molecular weight is 451 g/mol. The van der Waals surface area contributed by atoms with Gasteiger partial charge < -0.3 is 15.0 Å². The van der Waals surface area contributed by atoms with E-state index in [0.29, 0.717) is 22.8 Å². The van der Waals surface area contributed by atoms with Crippen LogP contribution >= 0.6 is 0 Å². The monoisotopic (exact) mass is 450 g/mol. The Morgan fingerprint density at radius 3 is 2.59 bits per heavy atom. The van der Waals surface area contributed by atoms with E-state index < -0.39 is 15.9 Å². The average Bonchev–Trinajstić information content (AvgIpc) is 3.21. The van der Waals surface area contributed by atoms with Gasteiger partial charge in [-0.15, -0.1) is 0 Å². The molecule has 164 valence electrons.